The van der Waals surface area contributed by atoms with E-state index in [1.54, 1.807) is 0 Å². The van der Waals surface area contributed by atoms with Crippen molar-refractivity contribution >= 4 is 11.4 Å². The number of benzene rings is 2. The first-order valence-corrected chi connectivity index (χ1v) is 6.74. The average molecular weight is 254 g/mol. The number of nitrogens with one attached hydrogen (secondary N) is 1. The number of anilines is 2. The summed E-state index contributed by atoms with van der Waals surface area (Å²) in [6.07, 6.45) is 0. The van der Waals surface area contributed by atoms with Crippen LogP contribution in [0.1, 0.15) is 11.1 Å². The van der Waals surface area contributed by atoms with E-state index in [0.717, 1.165) is 13.1 Å². The third-order valence-electron chi connectivity index (χ3n) is 3.48. The van der Waals surface area contributed by atoms with Gasteiger partial charge >= 0.3 is 0 Å². The number of nitrogens with zero attached hydrogens (tertiary/aromatic N) is 1. The van der Waals surface area contributed by atoms with Crippen molar-refractivity contribution in [2.24, 2.45) is 0 Å². The maximum atomic E-state index is 3.47. The van der Waals surface area contributed by atoms with E-state index in [0.29, 0.717) is 0 Å². The lowest BCUT2D eigenvalue weighted by molar-refractivity contribution is 0.914. The number of hydrogen-bond acceptors (Lipinski definition) is 2. The summed E-state index contributed by atoms with van der Waals surface area (Å²) in [6.45, 7) is 6.21. The molecule has 100 valence electrons. The molecule has 0 spiro atoms. The number of likely N-dealkylation sites (N-methyl/N-ethyl adjacent to an activating group) is 1. The normalized spacial score (nSPS) is 10.3. The minimum Gasteiger partial charge on any atom is -0.383 e. The molecule has 0 unspecified atom stereocenters. The van der Waals surface area contributed by atoms with E-state index in [2.05, 4.69) is 73.6 Å². The molecular weight excluding hydrogens is 232 g/mol. The van der Waals surface area contributed by atoms with Gasteiger partial charge in [-0.3, -0.25) is 0 Å². The summed E-state index contributed by atoms with van der Waals surface area (Å²) >= 11 is 0. The number of hydrogen-bond donors (Lipinski definition) is 1. The van der Waals surface area contributed by atoms with Gasteiger partial charge in [-0.1, -0.05) is 24.3 Å². The summed E-state index contributed by atoms with van der Waals surface area (Å²) in [4.78, 5) is 2.26. The Morgan fingerprint density at radius 1 is 0.947 bits per heavy atom. The Hall–Kier alpha value is -1.96. The molecule has 19 heavy (non-hydrogen) atoms. The Morgan fingerprint density at radius 3 is 2.37 bits per heavy atom. The predicted molar refractivity (Wildman–Crippen MR) is 84.1 cm³/mol. The van der Waals surface area contributed by atoms with Crippen LogP contribution in [0, 0.1) is 13.8 Å². The Bertz CT molecular complexity index is 520. The third-order valence-corrected chi connectivity index (χ3v) is 3.48. The zero-order chi connectivity index (χ0) is 13.7. The van der Waals surface area contributed by atoms with Crippen molar-refractivity contribution in [1.29, 1.82) is 0 Å². The molecule has 0 aliphatic rings. The summed E-state index contributed by atoms with van der Waals surface area (Å²) in [7, 11) is 2.12. The minimum absolute atomic E-state index is 0.938. The SMILES string of the molecule is Cc1ccc(NCCN(C)c2ccccc2)cc1C. The minimum atomic E-state index is 0.938. The lowest BCUT2D eigenvalue weighted by atomic mass is 10.1. The maximum Gasteiger partial charge on any atom is 0.0364 e. The smallest absolute Gasteiger partial charge is 0.0364 e. The van der Waals surface area contributed by atoms with Crippen LogP contribution in [-0.4, -0.2) is 20.1 Å². The summed E-state index contributed by atoms with van der Waals surface area (Å²) in [5, 5.41) is 3.47. The predicted octanol–water partition coefficient (Wildman–Crippen LogP) is 3.85. The molecule has 2 rings (SSSR count). The molecule has 0 radical (unpaired) electrons. The highest BCUT2D eigenvalue weighted by Gasteiger charge is 2.00. The zero-order valence-corrected chi connectivity index (χ0v) is 12.0. The van der Waals surface area contributed by atoms with Gasteiger partial charge in [-0.25, -0.2) is 0 Å². The van der Waals surface area contributed by atoms with E-state index in [-0.39, 0.29) is 0 Å². The average Bonchev–Trinajstić information content (AvgIpc) is 2.43. The van der Waals surface area contributed by atoms with E-state index in [4.69, 9.17) is 0 Å². The molecule has 1 N–H and O–H groups in total. The molecule has 0 heterocycles. The molecule has 2 aromatic rings. The number of rotatable bonds is 5. The molecular formula is C17H22N2. The van der Waals surface area contributed by atoms with Crippen molar-refractivity contribution in [3.63, 3.8) is 0 Å². The van der Waals surface area contributed by atoms with Crippen molar-refractivity contribution in [1.82, 2.24) is 0 Å². The topological polar surface area (TPSA) is 15.3 Å². The Balaban J connectivity index is 1.85. The molecule has 0 fully saturated rings. The van der Waals surface area contributed by atoms with Crippen LogP contribution in [0.25, 0.3) is 0 Å². The van der Waals surface area contributed by atoms with Crippen LogP contribution in [0.3, 0.4) is 0 Å². The van der Waals surface area contributed by atoms with Gasteiger partial charge in [-0.15, -0.1) is 0 Å². The first-order chi connectivity index (χ1) is 9.16. The molecule has 0 amide bonds. The Kier molecular flexibility index (Phi) is 4.45. The molecule has 0 bridgehead atoms. The molecule has 0 aliphatic heterocycles. The lowest BCUT2D eigenvalue weighted by Crippen LogP contribution is -2.24. The van der Waals surface area contributed by atoms with Gasteiger partial charge in [0.25, 0.3) is 0 Å². The molecule has 0 aliphatic carbocycles. The molecule has 0 atom stereocenters. The van der Waals surface area contributed by atoms with Crippen molar-refractivity contribution in [3.8, 4) is 0 Å². The highest BCUT2D eigenvalue weighted by atomic mass is 15.1. The van der Waals surface area contributed by atoms with Gasteiger partial charge in [0.15, 0.2) is 0 Å². The van der Waals surface area contributed by atoms with Gasteiger partial charge in [0, 0.05) is 31.5 Å². The van der Waals surface area contributed by atoms with Crippen LogP contribution in [-0.2, 0) is 0 Å². The molecule has 0 saturated carbocycles. The Morgan fingerprint density at radius 2 is 1.68 bits per heavy atom. The first-order valence-electron chi connectivity index (χ1n) is 6.74. The van der Waals surface area contributed by atoms with Gasteiger partial charge in [-0.2, -0.15) is 0 Å². The van der Waals surface area contributed by atoms with E-state index < -0.39 is 0 Å². The fourth-order valence-electron chi connectivity index (χ4n) is 2.03. The van der Waals surface area contributed by atoms with E-state index in [1.807, 2.05) is 6.07 Å². The van der Waals surface area contributed by atoms with Gasteiger partial charge in [-0.05, 0) is 49.2 Å². The van der Waals surface area contributed by atoms with Crippen molar-refractivity contribution in [2.45, 2.75) is 13.8 Å². The molecule has 2 aromatic carbocycles. The van der Waals surface area contributed by atoms with Gasteiger partial charge < -0.3 is 10.2 Å². The third kappa shape index (κ3) is 3.75. The highest BCUT2D eigenvalue weighted by molar-refractivity contribution is 5.49. The van der Waals surface area contributed by atoms with Crippen molar-refractivity contribution in [2.75, 3.05) is 30.4 Å². The highest BCUT2D eigenvalue weighted by Crippen LogP contribution is 2.14. The van der Waals surface area contributed by atoms with Crippen LogP contribution in [0.2, 0.25) is 0 Å². The van der Waals surface area contributed by atoms with E-state index >= 15 is 0 Å². The van der Waals surface area contributed by atoms with Crippen molar-refractivity contribution < 1.29 is 0 Å². The van der Waals surface area contributed by atoms with Crippen LogP contribution in [0.15, 0.2) is 48.5 Å². The van der Waals surface area contributed by atoms with Gasteiger partial charge in [0.05, 0.1) is 0 Å². The van der Waals surface area contributed by atoms with Gasteiger partial charge in [0.2, 0.25) is 0 Å². The number of para-hydroxylation sites is 1. The van der Waals surface area contributed by atoms with Crippen LogP contribution in [0.5, 0.6) is 0 Å². The Labute approximate surface area is 116 Å². The second-order valence-electron chi connectivity index (χ2n) is 4.98. The fourth-order valence-corrected chi connectivity index (χ4v) is 2.03. The van der Waals surface area contributed by atoms with Crippen molar-refractivity contribution in [3.05, 3.63) is 59.7 Å². The molecule has 2 heteroatoms. The van der Waals surface area contributed by atoms with Crippen LogP contribution < -0.4 is 10.2 Å². The second-order valence-corrected chi connectivity index (χ2v) is 4.98. The van der Waals surface area contributed by atoms with E-state index in [9.17, 15) is 0 Å². The summed E-state index contributed by atoms with van der Waals surface area (Å²) in [5.41, 5.74) is 5.13. The summed E-state index contributed by atoms with van der Waals surface area (Å²) in [6, 6.07) is 17.0. The molecule has 0 aromatic heterocycles. The molecule has 0 saturated heterocycles. The largest absolute Gasteiger partial charge is 0.383 e. The van der Waals surface area contributed by atoms with Crippen LogP contribution in [0.4, 0.5) is 11.4 Å². The monoisotopic (exact) mass is 254 g/mol. The second kappa shape index (κ2) is 6.28. The van der Waals surface area contributed by atoms with Gasteiger partial charge in [0.1, 0.15) is 0 Å². The summed E-state index contributed by atoms with van der Waals surface area (Å²) in [5.74, 6) is 0. The quantitative estimate of drug-likeness (QED) is 0.871. The fraction of sp³-hybridized carbons (Fsp3) is 0.294. The number of aryl methyl sites for hydroxylation is 2. The molecule has 2 nitrogen and oxygen atoms in total. The zero-order valence-electron chi connectivity index (χ0n) is 12.0. The van der Waals surface area contributed by atoms with Crippen LogP contribution >= 0.6 is 0 Å². The first kappa shape index (κ1) is 13.5. The lowest BCUT2D eigenvalue weighted by Gasteiger charge is -2.20. The maximum absolute atomic E-state index is 3.47. The summed E-state index contributed by atoms with van der Waals surface area (Å²) < 4.78 is 0. The standard InChI is InChI=1S/C17H22N2/c1-14-9-10-16(13-15(14)2)18-11-12-19(3)17-7-5-4-6-8-17/h4-10,13,18H,11-12H2,1-3H3. The van der Waals surface area contributed by atoms with E-state index in [1.165, 1.54) is 22.5 Å².